The zero-order valence-electron chi connectivity index (χ0n) is 21.2. The van der Waals surface area contributed by atoms with Crippen LogP contribution in [-0.4, -0.2) is 116 Å². The minimum absolute atomic E-state index is 0.123. The predicted molar refractivity (Wildman–Crippen MR) is 131 cm³/mol. The molecule has 2 saturated heterocycles. The van der Waals surface area contributed by atoms with Crippen LogP contribution in [0.15, 0.2) is 0 Å². The molecule has 4 rings (SSSR count). The number of carbonyl (C=O) groups excluding carboxylic acids is 2. The van der Waals surface area contributed by atoms with Crippen molar-refractivity contribution < 1.29 is 22.4 Å². The molecule has 0 aromatic rings. The van der Waals surface area contributed by atoms with Gasteiger partial charge in [-0.15, -0.1) is 0 Å². The number of likely N-dealkylation sites (N-methyl/N-ethyl adjacent to an activating group) is 1. The number of hydrazine groups is 1. The van der Waals surface area contributed by atoms with E-state index in [1.165, 1.54) is 4.90 Å². The molecule has 4 unspecified atom stereocenters. The summed E-state index contributed by atoms with van der Waals surface area (Å²) in [4.78, 5) is 32.6. The quantitative estimate of drug-likeness (QED) is 0.415. The summed E-state index contributed by atoms with van der Waals surface area (Å²) in [5.41, 5.74) is 2.26. The number of nitrogens with zero attached hydrogens (tertiary/aromatic N) is 4. The maximum atomic E-state index is 13.6. The summed E-state index contributed by atoms with van der Waals surface area (Å²) in [7, 11) is -1.84. The second-order valence-corrected chi connectivity index (χ2v) is 12.7. The van der Waals surface area contributed by atoms with Gasteiger partial charge >= 0.3 is 6.03 Å². The minimum Gasteiger partial charge on any atom is -0.319 e. The number of urea groups is 1. The molecule has 4 aliphatic rings. The van der Waals surface area contributed by atoms with Gasteiger partial charge in [0.05, 0.1) is 16.7 Å². The van der Waals surface area contributed by atoms with Crippen LogP contribution in [0.25, 0.3) is 0 Å². The molecule has 10 nitrogen and oxygen atoms in total. The Balaban J connectivity index is 1.53. The maximum Gasteiger partial charge on any atom is 0.327 e. The molecule has 2 heterocycles. The van der Waals surface area contributed by atoms with E-state index in [2.05, 4.69) is 28.9 Å². The van der Waals surface area contributed by atoms with Crippen molar-refractivity contribution in [3.05, 3.63) is 0 Å². The Morgan fingerprint density at radius 2 is 1.91 bits per heavy atom. The Labute approximate surface area is 208 Å². The molecular formula is C23H41FN6O4S. The highest BCUT2D eigenvalue weighted by molar-refractivity contribution is 7.90. The fourth-order valence-corrected chi connectivity index (χ4v) is 7.76. The lowest BCUT2D eigenvalue weighted by molar-refractivity contribution is -0.141. The minimum atomic E-state index is -3.77. The van der Waals surface area contributed by atoms with E-state index in [-0.39, 0.29) is 30.3 Å². The standard InChI is InChI=1S/C23H41FN6O4S/c1-4-28(5-2)10-11-29-20-7-6-18(35(33,34)26-23(16-24)8-9-23)12-19(20)21(31)30(22(29)32)15-17-13-25-27(3)14-17/h17-20,25-26H,4-16H2,1-3H3. The highest BCUT2D eigenvalue weighted by atomic mass is 32.2. The van der Waals surface area contributed by atoms with Crippen LogP contribution in [0.5, 0.6) is 0 Å². The summed E-state index contributed by atoms with van der Waals surface area (Å²) < 4.78 is 42.2. The molecule has 3 amide bonds. The van der Waals surface area contributed by atoms with Crippen LogP contribution in [0.2, 0.25) is 0 Å². The molecule has 0 spiro atoms. The van der Waals surface area contributed by atoms with Crippen LogP contribution in [0.4, 0.5) is 9.18 Å². The molecule has 200 valence electrons. The summed E-state index contributed by atoms with van der Waals surface area (Å²) in [6.45, 7) is 8.15. The average molecular weight is 517 g/mol. The summed E-state index contributed by atoms with van der Waals surface area (Å²) in [6.07, 6.45) is 1.99. The lowest BCUT2D eigenvalue weighted by Gasteiger charge is -2.49. The first-order chi connectivity index (χ1) is 16.6. The normalized spacial score (nSPS) is 31.3. The molecule has 12 heteroatoms. The number of nitrogens with one attached hydrogen (secondary N) is 2. The van der Waals surface area contributed by atoms with Crippen LogP contribution < -0.4 is 10.1 Å². The van der Waals surface area contributed by atoms with Gasteiger partial charge in [0.2, 0.25) is 15.9 Å². The molecule has 2 aliphatic carbocycles. The Morgan fingerprint density at radius 3 is 2.49 bits per heavy atom. The van der Waals surface area contributed by atoms with E-state index in [1.54, 1.807) is 0 Å². The van der Waals surface area contributed by atoms with Gasteiger partial charge in [-0.3, -0.25) is 15.1 Å². The number of hydrogen-bond donors (Lipinski definition) is 2. The molecule has 0 radical (unpaired) electrons. The summed E-state index contributed by atoms with van der Waals surface area (Å²) in [5.74, 6) is -0.703. The molecule has 2 N–H and O–H groups in total. The molecule has 4 fully saturated rings. The molecule has 35 heavy (non-hydrogen) atoms. The number of hydrogen-bond acceptors (Lipinski definition) is 7. The van der Waals surface area contributed by atoms with Crippen LogP contribution in [0.1, 0.15) is 46.0 Å². The van der Waals surface area contributed by atoms with Crippen molar-refractivity contribution in [3.63, 3.8) is 0 Å². The zero-order chi connectivity index (χ0) is 25.4. The number of rotatable bonds is 11. The summed E-state index contributed by atoms with van der Waals surface area (Å²) in [6, 6.07) is -0.555. The second kappa shape index (κ2) is 10.6. The first-order valence-electron chi connectivity index (χ1n) is 13.0. The van der Waals surface area contributed by atoms with E-state index in [4.69, 9.17) is 0 Å². The van der Waals surface area contributed by atoms with E-state index < -0.39 is 33.4 Å². The zero-order valence-corrected chi connectivity index (χ0v) is 22.0. The average Bonchev–Trinajstić information content (AvgIpc) is 3.48. The van der Waals surface area contributed by atoms with Gasteiger partial charge in [-0.1, -0.05) is 13.8 Å². The topological polar surface area (TPSA) is 105 Å². The lowest BCUT2D eigenvalue weighted by Crippen LogP contribution is -2.65. The van der Waals surface area contributed by atoms with Crippen LogP contribution in [0, 0.1) is 11.8 Å². The first-order valence-corrected chi connectivity index (χ1v) is 14.6. The molecule has 4 atom stereocenters. The van der Waals surface area contributed by atoms with Crippen molar-refractivity contribution in [2.24, 2.45) is 11.8 Å². The van der Waals surface area contributed by atoms with Gasteiger partial charge in [0, 0.05) is 51.7 Å². The van der Waals surface area contributed by atoms with E-state index >= 15 is 0 Å². The summed E-state index contributed by atoms with van der Waals surface area (Å²) in [5, 5.41) is 1.20. The van der Waals surface area contributed by atoms with Crippen LogP contribution in [-0.2, 0) is 14.8 Å². The SMILES string of the molecule is CCN(CC)CCN1C(=O)N(CC2CNN(C)C2)C(=O)C2CC(S(=O)(=O)NC3(CF)CC3)CCC21. The van der Waals surface area contributed by atoms with Crippen molar-refractivity contribution in [1.82, 2.24) is 29.9 Å². The van der Waals surface area contributed by atoms with Gasteiger partial charge in [-0.05, 0) is 45.2 Å². The Kier molecular flexibility index (Phi) is 8.07. The van der Waals surface area contributed by atoms with Crippen molar-refractivity contribution in [2.45, 2.75) is 62.8 Å². The molecule has 0 aromatic heterocycles. The Bertz CT molecular complexity index is 896. The van der Waals surface area contributed by atoms with Gasteiger partial charge in [-0.25, -0.2) is 27.3 Å². The van der Waals surface area contributed by atoms with Gasteiger partial charge in [-0.2, -0.15) is 0 Å². The largest absolute Gasteiger partial charge is 0.327 e. The number of fused-ring (bicyclic) bond motifs is 1. The van der Waals surface area contributed by atoms with Gasteiger partial charge < -0.3 is 9.80 Å². The van der Waals surface area contributed by atoms with Crippen molar-refractivity contribution >= 4 is 22.0 Å². The maximum absolute atomic E-state index is 13.6. The first kappa shape index (κ1) is 26.7. The van der Waals surface area contributed by atoms with E-state index in [1.807, 2.05) is 17.0 Å². The monoisotopic (exact) mass is 516 g/mol. The number of alkyl halides is 1. The van der Waals surface area contributed by atoms with Crippen LogP contribution >= 0.6 is 0 Å². The second-order valence-electron chi connectivity index (χ2n) is 10.7. The van der Waals surface area contributed by atoms with E-state index in [9.17, 15) is 22.4 Å². The third-order valence-electron chi connectivity index (χ3n) is 8.31. The van der Waals surface area contributed by atoms with Crippen molar-refractivity contribution in [1.29, 1.82) is 0 Å². The molecule has 2 aliphatic heterocycles. The van der Waals surface area contributed by atoms with Gasteiger partial charge in [0.15, 0.2) is 0 Å². The highest BCUT2D eigenvalue weighted by Crippen LogP contribution is 2.40. The number of halogens is 1. The van der Waals surface area contributed by atoms with Gasteiger partial charge in [0.1, 0.15) is 6.67 Å². The van der Waals surface area contributed by atoms with Crippen LogP contribution in [0.3, 0.4) is 0 Å². The fraction of sp³-hybridized carbons (Fsp3) is 0.913. The third-order valence-corrected chi connectivity index (χ3v) is 10.3. The number of sulfonamides is 1. The number of carbonyl (C=O) groups is 2. The molecule has 0 bridgehead atoms. The van der Waals surface area contributed by atoms with Gasteiger partial charge in [0.25, 0.3) is 0 Å². The third kappa shape index (κ3) is 5.66. The highest BCUT2D eigenvalue weighted by Gasteiger charge is 2.53. The molecule has 2 saturated carbocycles. The summed E-state index contributed by atoms with van der Waals surface area (Å²) >= 11 is 0. The lowest BCUT2D eigenvalue weighted by atomic mass is 9.80. The Morgan fingerprint density at radius 1 is 1.20 bits per heavy atom. The number of amides is 3. The van der Waals surface area contributed by atoms with E-state index in [0.29, 0.717) is 51.9 Å². The fourth-order valence-electron chi connectivity index (χ4n) is 5.83. The Hall–Kier alpha value is -1.34. The van der Waals surface area contributed by atoms with Crippen molar-refractivity contribution in [3.8, 4) is 0 Å². The van der Waals surface area contributed by atoms with Crippen molar-refractivity contribution in [2.75, 3.05) is 59.5 Å². The number of imide groups is 1. The smallest absolute Gasteiger partial charge is 0.319 e. The molecule has 0 aromatic carbocycles. The predicted octanol–water partition coefficient (Wildman–Crippen LogP) is 0.617. The van der Waals surface area contributed by atoms with E-state index in [0.717, 1.165) is 19.6 Å². The molecular weight excluding hydrogens is 475 g/mol.